The molecule has 2 N–H and O–H groups in total. The third kappa shape index (κ3) is 5.45. The van der Waals surface area contributed by atoms with E-state index in [2.05, 4.69) is 47.5 Å². The number of nitrogens with one attached hydrogen (secondary N) is 1. The molecule has 0 unspecified atom stereocenters. The number of aliphatic carboxylic acids is 1. The minimum atomic E-state index is -5.08. The Morgan fingerprint density at radius 1 is 1.27 bits per heavy atom. The summed E-state index contributed by atoms with van der Waals surface area (Å²) >= 11 is 0. The molecule has 2 saturated heterocycles. The molecular weight excluding hydrogens is 349 g/mol. The second kappa shape index (κ2) is 8.53. The molecule has 5 nitrogen and oxygen atoms in total. The zero-order valence-electron chi connectivity index (χ0n) is 14.5. The maximum Gasteiger partial charge on any atom is 0.490 e. The van der Waals surface area contributed by atoms with E-state index in [4.69, 9.17) is 9.90 Å². The monoisotopic (exact) mass is 372 g/mol. The van der Waals surface area contributed by atoms with E-state index in [1.807, 2.05) is 0 Å². The number of hydrogen-bond acceptors (Lipinski definition) is 3. The molecule has 0 aliphatic carbocycles. The number of carboxylic acids is 1. The van der Waals surface area contributed by atoms with Crippen LogP contribution in [-0.4, -0.2) is 54.2 Å². The Labute approximate surface area is 150 Å². The first-order chi connectivity index (χ1) is 12.2. The van der Waals surface area contributed by atoms with Crippen molar-refractivity contribution in [3.05, 3.63) is 35.9 Å². The Balaban J connectivity index is 0.000000298. The molecule has 2 heterocycles. The third-order valence-corrected chi connectivity index (χ3v) is 4.96. The predicted octanol–water partition coefficient (Wildman–Crippen LogP) is 2.18. The van der Waals surface area contributed by atoms with E-state index in [-0.39, 0.29) is 11.8 Å². The average molecular weight is 372 g/mol. The van der Waals surface area contributed by atoms with Crippen molar-refractivity contribution < 1.29 is 27.9 Å². The quantitative estimate of drug-likeness (QED) is 0.853. The van der Waals surface area contributed by atoms with Crippen LogP contribution < -0.4 is 5.32 Å². The van der Waals surface area contributed by atoms with Crippen molar-refractivity contribution in [2.24, 2.45) is 17.8 Å². The molecule has 0 bridgehead atoms. The lowest BCUT2D eigenvalue weighted by atomic mass is 9.81. The Hall–Kier alpha value is -2.09. The molecule has 3 atom stereocenters. The fourth-order valence-electron chi connectivity index (χ4n) is 3.47. The summed E-state index contributed by atoms with van der Waals surface area (Å²) in [4.78, 5) is 23.1. The van der Waals surface area contributed by atoms with Gasteiger partial charge >= 0.3 is 12.1 Å². The molecule has 2 fully saturated rings. The summed E-state index contributed by atoms with van der Waals surface area (Å²) in [6.07, 6.45) is -3.98. The number of carbonyl (C=O) groups excluding carboxylic acids is 1. The zero-order valence-corrected chi connectivity index (χ0v) is 14.5. The van der Waals surface area contributed by atoms with Gasteiger partial charge in [0.1, 0.15) is 0 Å². The van der Waals surface area contributed by atoms with Crippen LogP contribution in [0.4, 0.5) is 13.2 Å². The van der Waals surface area contributed by atoms with Gasteiger partial charge in [0, 0.05) is 32.1 Å². The maximum atomic E-state index is 11.7. The molecule has 2 aliphatic rings. The van der Waals surface area contributed by atoms with Crippen molar-refractivity contribution in [2.45, 2.75) is 19.5 Å². The summed E-state index contributed by atoms with van der Waals surface area (Å²) in [6.45, 7) is 6.29. The molecule has 0 saturated carbocycles. The minimum Gasteiger partial charge on any atom is -0.475 e. The lowest BCUT2D eigenvalue weighted by molar-refractivity contribution is -0.192. The van der Waals surface area contributed by atoms with Crippen molar-refractivity contribution in [1.29, 1.82) is 0 Å². The molecule has 8 heteroatoms. The lowest BCUT2D eigenvalue weighted by Crippen LogP contribution is -2.46. The van der Waals surface area contributed by atoms with Crippen molar-refractivity contribution in [2.75, 3.05) is 26.2 Å². The number of halogens is 3. The fraction of sp³-hybridized carbons (Fsp3) is 0.556. The number of benzene rings is 1. The highest BCUT2D eigenvalue weighted by Crippen LogP contribution is 2.32. The van der Waals surface area contributed by atoms with Gasteiger partial charge < -0.3 is 15.3 Å². The molecule has 144 valence electrons. The summed E-state index contributed by atoms with van der Waals surface area (Å²) in [5, 5.41) is 10.2. The van der Waals surface area contributed by atoms with Gasteiger partial charge in [-0.15, -0.1) is 0 Å². The summed E-state index contributed by atoms with van der Waals surface area (Å²) in [6, 6.07) is 10.6. The molecule has 0 aromatic heterocycles. The first-order valence-corrected chi connectivity index (χ1v) is 8.52. The zero-order chi connectivity index (χ0) is 19.3. The molecule has 3 rings (SSSR count). The third-order valence-electron chi connectivity index (χ3n) is 4.96. The van der Waals surface area contributed by atoms with E-state index in [0.717, 1.165) is 32.6 Å². The van der Waals surface area contributed by atoms with Crippen LogP contribution in [0.1, 0.15) is 12.5 Å². The van der Waals surface area contributed by atoms with E-state index in [1.165, 1.54) is 5.56 Å². The Kier molecular flexibility index (Phi) is 6.63. The maximum absolute atomic E-state index is 11.7. The van der Waals surface area contributed by atoms with Gasteiger partial charge in [0.25, 0.3) is 0 Å². The minimum absolute atomic E-state index is 0.181. The topological polar surface area (TPSA) is 69.6 Å². The van der Waals surface area contributed by atoms with E-state index < -0.39 is 12.1 Å². The molecule has 2 aliphatic heterocycles. The number of carbonyl (C=O) groups is 2. The molecule has 26 heavy (non-hydrogen) atoms. The summed E-state index contributed by atoms with van der Waals surface area (Å²) in [5.74, 6) is -1.12. The van der Waals surface area contributed by atoms with Crippen LogP contribution in [0.2, 0.25) is 0 Å². The van der Waals surface area contributed by atoms with Crippen molar-refractivity contribution >= 4 is 11.9 Å². The van der Waals surface area contributed by atoms with Crippen LogP contribution in [0.25, 0.3) is 0 Å². The SMILES string of the molecule is C[C@H]1C(=O)NC[C@H]2CN(CCc3ccccc3)C[C@H]21.O=C(O)C(F)(F)F. The highest BCUT2D eigenvalue weighted by atomic mass is 19.4. The normalized spacial score (nSPS) is 25.7. The Morgan fingerprint density at radius 2 is 1.88 bits per heavy atom. The first kappa shape index (κ1) is 20.2. The largest absolute Gasteiger partial charge is 0.490 e. The van der Waals surface area contributed by atoms with Gasteiger partial charge in [0.2, 0.25) is 5.91 Å². The second-order valence-electron chi connectivity index (χ2n) is 6.76. The van der Waals surface area contributed by atoms with Crippen molar-refractivity contribution in [1.82, 2.24) is 10.2 Å². The highest BCUT2D eigenvalue weighted by molar-refractivity contribution is 5.79. The van der Waals surface area contributed by atoms with Gasteiger partial charge in [-0.25, -0.2) is 4.79 Å². The molecule has 0 radical (unpaired) electrons. The van der Waals surface area contributed by atoms with Crippen LogP contribution in [0.5, 0.6) is 0 Å². The number of likely N-dealkylation sites (tertiary alicyclic amines) is 1. The van der Waals surface area contributed by atoms with E-state index in [9.17, 15) is 18.0 Å². The number of hydrogen-bond donors (Lipinski definition) is 2. The Morgan fingerprint density at radius 3 is 2.46 bits per heavy atom. The van der Waals surface area contributed by atoms with E-state index in [1.54, 1.807) is 0 Å². The summed E-state index contributed by atoms with van der Waals surface area (Å²) in [5.41, 5.74) is 1.40. The highest BCUT2D eigenvalue weighted by Gasteiger charge is 2.41. The van der Waals surface area contributed by atoms with Crippen molar-refractivity contribution in [3.63, 3.8) is 0 Å². The van der Waals surface area contributed by atoms with Crippen LogP contribution in [0.3, 0.4) is 0 Å². The predicted molar refractivity (Wildman–Crippen MR) is 89.4 cm³/mol. The van der Waals surface area contributed by atoms with Gasteiger partial charge in [-0.2, -0.15) is 13.2 Å². The van der Waals surface area contributed by atoms with Gasteiger partial charge in [-0.3, -0.25) is 4.79 Å². The Bertz CT molecular complexity index is 622. The number of rotatable bonds is 3. The number of piperidine rings is 1. The van der Waals surface area contributed by atoms with Crippen LogP contribution in [-0.2, 0) is 16.0 Å². The van der Waals surface area contributed by atoms with Crippen LogP contribution in [0, 0.1) is 17.8 Å². The first-order valence-electron chi connectivity index (χ1n) is 8.52. The van der Waals surface area contributed by atoms with Crippen LogP contribution in [0.15, 0.2) is 30.3 Å². The second-order valence-corrected chi connectivity index (χ2v) is 6.76. The number of alkyl halides is 3. The smallest absolute Gasteiger partial charge is 0.475 e. The van der Waals surface area contributed by atoms with Gasteiger partial charge in [0.05, 0.1) is 0 Å². The number of fused-ring (bicyclic) bond motifs is 1. The fourth-order valence-corrected chi connectivity index (χ4v) is 3.47. The molecule has 1 aromatic carbocycles. The van der Waals surface area contributed by atoms with Gasteiger partial charge in [-0.1, -0.05) is 37.3 Å². The standard InChI is InChI=1S/C16H22N2O.C2HF3O2/c1-12-15-11-18(10-14(15)9-17-16(12)19)8-7-13-5-3-2-4-6-13;3-2(4,5)1(6)7/h2-6,12,14-15H,7-11H2,1H3,(H,17,19);(H,6,7)/t12-,14+,15+;/m1./s1. The molecular formula is C18H23F3N2O3. The van der Waals surface area contributed by atoms with Gasteiger partial charge in [-0.05, 0) is 23.8 Å². The molecule has 1 aromatic rings. The van der Waals surface area contributed by atoms with E-state index >= 15 is 0 Å². The van der Waals surface area contributed by atoms with Crippen molar-refractivity contribution in [3.8, 4) is 0 Å². The number of carboxylic acid groups (broad SMARTS) is 1. The average Bonchev–Trinajstić information content (AvgIpc) is 3.01. The van der Waals surface area contributed by atoms with Gasteiger partial charge in [0.15, 0.2) is 0 Å². The van der Waals surface area contributed by atoms with E-state index in [0.29, 0.717) is 11.8 Å². The molecule has 0 spiro atoms. The lowest BCUT2D eigenvalue weighted by Gasteiger charge is -2.30. The summed E-state index contributed by atoms with van der Waals surface area (Å²) in [7, 11) is 0. The number of amides is 1. The molecule has 1 amide bonds. The summed E-state index contributed by atoms with van der Waals surface area (Å²) < 4.78 is 31.7. The van der Waals surface area contributed by atoms with Crippen LogP contribution >= 0.6 is 0 Å². The number of nitrogens with zero attached hydrogens (tertiary/aromatic N) is 1.